The van der Waals surface area contributed by atoms with E-state index in [1.807, 2.05) is 66.2 Å². The van der Waals surface area contributed by atoms with Crippen molar-refractivity contribution in [2.45, 2.75) is 6.92 Å². The van der Waals surface area contributed by atoms with Crippen molar-refractivity contribution in [2.75, 3.05) is 4.90 Å². The van der Waals surface area contributed by atoms with E-state index >= 15 is 0 Å². The number of hydrogen-bond acceptors (Lipinski definition) is 6. The maximum Gasteiger partial charge on any atom is 0.264 e. The first-order valence-electron chi connectivity index (χ1n) is 9.40. The van der Waals surface area contributed by atoms with Crippen molar-refractivity contribution in [3.05, 3.63) is 76.5 Å². The normalized spacial score (nSPS) is 11.9. The highest BCUT2D eigenvalue weighted by atomic mass is 32.1. The molecule has 2 amide bonds. The third-order valence-electron chi connectivity index (χ3n) is 4.41. The summed E-state index contributed by atoms with van der Waals surface area (Å²) in [5, 5.41) is 6.55. The average Bonchev–Trinajstić information content (AvgIpc) is 3.36. The Labute approximate surface area is 186 Å². The summed E-state index contributed by atoms with van der Waals surface area (Å²) in [5.41, 5.74) is 4.93. The molecule has 2 aromatic heterocycles. The van der Waals surface area contributed by atoms with E-state index < -0.39 is 0 Å². The van der Waals surface area contributed by atoms with Crippen LogP contribution in [0, 0.1) is 0 Å². The van der Waals surface area contributed by atoms with Crippen molar-refractivity contribution in [3.8, 4) is 0 Å². The summed E-state index contributed by atoms with van der Waals surface area (Å²) in [6, 6.07) is 17.3. The van der Waals surface area contributed by atoms with Gasteiger partial charge in [0.25, 0.3) is 5.91 Å². The summed E-state index contributed by atoms with van der Waals surface area (Å²) < 4.78 is 3.02. The number of carbonyl (C=O) groups excluding carboxylic acids is 2. The molecule has 0 unspecified atom stereocenters. The first-order chi connectivity index (χ1) is 15.0. The van der Waals surface area contributed by atoms with Crippen LogP contribution in [0.4, 0.5) is 10.8 Å². The molecule has 0 fully saturated rings. The van der Waals surface area contributed by atoms with Gasteiger partial charge < -0.3 is 4.57 Å². The molecule has 0 aliphatic heterocycles. The zero-order valence-corrected chi connectivity index (χ0v) is 18.5. The highest BCUT2D eigenvalue weighted by Crippen LogP contribution is 2.29. The lowest BCUT2D eigenvalue weighted by atomic mass is 10.3. The Morgan fingerprint density at radius 1 is 1.13 bits per heavy atom. The Morgan fingerprint density at radius 3 is 2.61 bits per heavy atom. The van der Waals surface area contributed by atoms with E-state index in [0.717, 1.165) is 15.9 Å². The fraction of sp³-hybridized carbons (Fsp3) is 0.0909. The molecular weight excluding hydrogens is 430 g/mol. The van der Waals surface area contributed by atoms with Crippen LogP contribution in [0.25, 0.3) is 16.3 Å². The van der Waals surface area contributed by atoms with Crippen LogP contribution >= 0.6 is 22.7 Å². The van der Waals surface area contributed by atoms with E-state index in [4.69, 9.17) is 0 Å². The zero-order valence-electron chi connectivity index (χ0n) is 16.9. The largest absolute Gasteiger partial charge is 0.318 e. The molecule has 0 atom stereocenters. The number of carbonyl (C=O) groups is 2. The molecule has 2 heterocycles. The molecule has 2 aromatic carbocycles. The number of rotatable bonds is 5. The molecule has 4 aromatic rings. The SMILES string of the molecule is CC(=O)N(c1ccccc1)c1nc(/C=C/C(=O)N/N=c2\sc3ccccc3n2C)cs1. The Hall–Kier alpha value is -3.56. The van der Waals surface area contributed by atoms with Gasteiger partial charge in [0.2, 0.25) is 10.7 Å². The van der Waals surface area contributed by atoms with Gasteiger partial charge in [-0.05, 0) is 30.3 Å². The van der Waals surface area contributed by atoms with Gasteiger partial charge in [-0.25, -0.2) is 10.4 Å². The second kappa shape index (κ2) is 9.07. The predicted octanol–water partition coefficient (Wildman–Crippen LogP) is 4.03. The predicted molar refractivity (Wildman–Crippen MR) is 125 cm³/mol. The van der Waals surface area contributed by atoms with Gasteiger partial charge in [-0.15, -0.1) is 16.4 Å². The highest BCUT2D eigenvalue weighted by molar-refractivity contribution is 7.16. The average molecular weight is 450 g/mol. The number of anilines is 2. The topological polar surface area (TPSA) is 79.6 Å². The summed E-state index contributed by atoms with van der Waals surface area (Å²) >= 11 is 2.83. The summed E-state index contributed by atoms with van der Waals surface area (Å²) in [6.07, 6.45) is 2.97. The number of aryl methyl sites for hydroxylation is 1. The number of hydrogen-bond donors (Lipinski definition) is 1. The van der Waals surface area contributed by atoms with Gasteiger partial charge in [0.15, 0.2) is 5.13 Å². The van der Waals surface area contributed by atoms with Crippen LogP contribution in [0.3, 0.4) is 0 Å². The lowest BCUT2D eigenvalue weighted by Crippen LogP contribution is -2.22. The number of fused-ring (bicyclic) bond motifs is 1. The standard InChI is InChI=1S/C22H19N5O2S2/c1-15(28)27(17-8-4-3-5-9-17)21-23-16(14-30-21)12-13-20(29)24-25-22-26(2)18-10-6-7-11-19(18)31-22/h3-14H,1-2H3,(H,24,29)/b13-12+,25-22-. The summed E-state index contributed by atoms with van der Waals surface area (Å²) in [5.74, 6) is -0.498. The third kappa shape index (κ3) is 4.62. The minimum absolute atomic E-state index is 0.135. The van der Waals surface area contributed by atoms with Gasteiger partial charge in [-0.1, -0.05) is 41.7 Å². The first kappa shape index (κ1) is 20.7. The van der Waals surface area contributed by atoms with E-state index in [-0.39, 0.29) is 11.8 Å². The molecule has 0 saturated carbocycles. The smallest absolute Gasteiger partial charge is 0.264 e. The number of thiazole rings is 2. The summed E-state index contributed by atoms with van der Waals surface area (Å²) in [7, 11) is 1.91. The monoisotopic (exact) mass is 449 g/mol. The molecular formula is C22H19N5O2S2. The summed E-state index contributed by atoms with van der Waals surface area (Å²) in [4.78, 5) is 31.0. The first-order valence-corrected chi connectivity index (χ1v) is 11.1. The lowest BCUT2D eigenvalue weighted by molar-refractivity contribution is -0.117. The van der Waals surface area contributed by atoms with E-state index in [2.05, 4.69) is 15.5 Å². The van der Waals surface area contributed by atoms with Crippen molar-refractivity contribution in [1.29, 1.82) is 0 Å². The molecule has 7 nitrogen and oxygen atoms in total. The van der Waals surface area contributed by atoms with Crippen molar-refractivity contribution in [1.82, 2.24) is 15.0 Å². The molecule has 0 aliphatic rings. The second-order valence-corrected chi connectivity index (χ2v) is 8.42. The van der Waals surface area contributed by atoms with Crippen molar-refractivity contribution in [3.63, 3.8) is 0 Å². The van der Waals surface area contributed by atoms with Crippen molar-refractivity contribution in [2.24, 2.45) is 12.1 Å². The number of para-hydroxylation sites is 2. The van der Waals surface area contributed by atoms with Gasteiger partial charge >= 0.3 is 0 Å². The lowest BCUT2D eigenvalue weighted by Gasteiger charge is -2.17. The van der Waals surface area contributed by atoms with Crippen LogP contribution in [0.15, 0.2) is 71.2 Å². The Morgan fingerprint density at radius 2 is 1.87 bits per heavy atom. The van der Waals surface area contributed by atoms with Gasteiger partial charge in [0.1, 0.15) is 0 Å². The molecule has 4 rings (SSSR count). The zero-order chi connectivity index (χ0) is 21.8. The molecule has 9 heteroatoms. The molecule has 0 spiro atoms. The molecule has 156 valence electrons. The molecule has 0 aliphatic carbocycles. The number of aromatic nitrogens is 2. The summed E-state index contributed by atoms with van der Waals surface area (Å²) in [6.45, 7) is 1.49. The van der Waals surface area contributed by atoms with Crippen LogP contribution < -0.4 is 15.1 Å². The minimum atomic E-state index is -0.363. The molecule has 31 heavy (non-hydrogen) atoms. The van der Waals surface area contributed by atoms with E-state index in [9.17, 15) is 9.59 Å². The quantitative estimate of drug-likeness (QED) is 0.369. The Kier molecular flexibility index (Phi) is 6.06. The molecule has 0 bridgehead atoms. The van der Waals surface area contributed by atoms with Crippen LogP contribution in [0.5, 0.6) is 0 Å². The Balaban J connectivity index is 1.47. The second-order valence-electron chi connectivity index (χ2n) is 6.58. The van der Waals surface area contributed by atoms with Crippen LogP contribution in [0.2, 0.25) is 0 Å². The van der Waals surface area contributed by atoms with Gasteiger partial charge in [-0.3, -0.25) is 14.5 Å². The van der Waals surface area contributed by atoms with Gasteiger partial charge in [0, 0.05) is 25.4 Å². The fourth-order valence-electron chi connectivity index (χ4n) is 2.95. The van der Waals surface area contributed by atoms with Crippen molar-refractivity contribution >= 4 is 61.6 Å². The fourth-order valence-corrected chi connectivity index (χ4v) is 4.78. The van der Waals surface area contributed by atoms with Crippen LogP contribution in [0.1, 0.15) is 12.6 Å². The van der Waals surface area contributed by atoms with Gasteiger partial charge in [-0.2, -0.15) is 0 Å². The Bertz CT molecular complexity index is 1330. The molecule has 0 radical (unpaired) electrons. The highest BCUT2D eigenvalue weighted by Gasteiger charge is 2.17. The van der Waals surface area contributed by atoms with Crippen LogP contribution in [-0.4, -0.2) is 21.4 Å². The number of amides is 2. The number of nitrogens with one attached hydrogen (secondary N) is 1. The maximum atomic E-state index is 12.2. The number of benzene rings is 2. The van der Waals surface area contributed by atoms with E-state index in [1.54, 1.807) is 16.4 Å². The molecule has 0 saturated heterocycles. The van der Waals surface area contributed by atoms with Crippen molar-refractivity contribution < 1.29 is 9.59 Å². The van der Waals surface area contributed by atoms with Gasteiger partial charge in [0.05, 0.1) is 21.6 Å². The van der Waals surface area contributed by atoms with Crippen LogP contribution in [-0.2, 0) is 16.6 Å². The maximum absolute atomic E-state index is 12.2. The molecule has 1 N–H and O–H groups in total. The third-order valence-corrected chi connectivity index (χ3v) is 6.37. The minimum Gasteiger partial charge on any atom is -0.318 e. The van der Waals surface area contributed by atoms with E-state index in [1.165, 1.54) is 35.7 Å². The number of nitrogens with zero attached hydrogens (tertiary/aromatic N) is 4. The van der Waals surface area contributed by atoms with E-state index in [0.29, 0.717) is 15.6 Å².